The Hall–Kier alpha value is -3.28. The van der Waals surface area contributed by atoms with E-state index in [0.717, 1.165) is 35.4 Å². The number of nitrogens with one attached hydrogen (secondary N) is 2. The van der Waals surface area contributed by atoms with Crippen LogP contribution in [0.15, 0.2) is 20.2 Å². The van der Waals surface area contributed by atoms with E-state index in [1.807, 2.05) is 12.6 Å². The lowest BCUT2D eigenvalue weighted by Crippen LogP contribution is -2.31. The maximum absolute atomic E-state index is 11.7. The van der Waals surface area contributed by atoms with Gasteiger partial charge in [-0.25, -0.2) is 19.7 Å². The Morgan fingerprint density at radius 2 is 2.03 bits per heavy atom. The zero-order valence-electron chi connectivity index (χ0n) is 22.2. The lowest BCUT2D eigenvalue weighted by molar-refractivity contribution is 0.267. The van der Waals surface area contributed by atoms with Crippen molar-refractivity contribution in [2.24, 2.45) is 17.8 Å². The molecular weight excluding hydrogens is 502 g/mol. The Labute approximate surface area is 225 Å². The molecule has 38 heavy (non-hydrogen) atoms. The van der Waals surface area contributed by atoms with E-state index in [2.05, 4.69) is 49.1 Å². The molecule has 11 nitrogen and oxygen atoms in total. The third-order valence-corrected chi connectivity index (χ3v) is 8.89. The van der Waals surface area contributed by atoms with Crippen LogP contribution < -0.4 is 16.0 Å². The van der Waals surface area contributed by atoms with Crippen LogP contribution in [0.2, 0.25) is 0 Å². The maximum Gasteiger partial charge on any atom is 0.439 e. The largest absolute Gasteiger partial charge is 0.439 e. The van der Waals surface area contributed by atoms with Gasteiger partial charge in [0.05, 0.1) is 17.7 Å². The number of fused-ring (bicyclic) bond motifs is 1. The summed E-state index contributed by atoms with van der Waals surface area (Å²) in [5.74, 6) is 3.37. The van der Waals surface area contributed by atoms with Crippen LogP contribution in [0.5, 0.6) is 0 Å². The van der Waals surface area contributed by atoms with Crippen LogP contribution in [-0.4, -0.2) is 47.7 Å². The molecule has 6 rings (SSSR count). The number of rotatable bonds is 9. The first-order valence-corrected chi connectivity index (χ1v) is 14.6. The van der Waals surface area contributed by atoms with Crippen molar-refractivity contribution in [2.45, 2.75) is 77.9 Å². The van der Waals surface area contributed by atoms with Gasteiger partial charge in [-0.15, -0.1) is 11.3 Å². The topological polar surface area (TPSA) is 131 Å². The highest BCUT2D eigenvalue weighted by Crippen LogP contribution is 2.36. The highest BCUT2D eigenvalue weighted by molar-refractivity contribution is 7.07. The van der Waals surface area contributed by atoms with Crippen molar-refractivity contribution < 1.29 is 4.52 Å². The molecule has 0 aromatic carbocycles. The molecule has 0 spiro atoms. The van der Waals surface area contributed by atoms with Crippen LogP contribution in [0.1, 0.15) is 64.5 Å². The molecule has 0 aliphatic heterocycles. The molecule has 0 saturated heterocycles. The fourth-order valence-corrected chi connectivity index (χ4v) is 6.24. The molecule has 0 unspecified atom stereocenters. The van der Waals surface area contributed by atoms with Crippen molar-refractivity contribution in [3.05, 3.63) is 27.1 Å². The molecule has 0 radical (unpaired) electrons. The summed E-state index contributed by atoms with van der Waals surface area (Å²) in [5.41, 5.74) is 4.33. The Kier molecular flexibility index (Phi) is 6.89. The normalized spacial score (nSPS) is 20.9. The first kappa shape index (κ1) is 25.0. The van der Waals surface area contributed by atoms with Gasteiger partial charge >= 0.3 is 5.76 Å². The Morgan fingerprint density at radius 3 is 2.68 bits per heavy atom. The SMILES string of the molecule is CC1CCC(Cn2c(N(C)Cc3cscn3)nc3nc(-c4noc(=O)[nH]4)nc(N[C@H](C)C4CCC4)c32)CC1. The standard InChI is InChI=1S/C26H35N9O2S/c1-15-7-9-17(10-8-15)11-35-20-21(28-16(2)18-5-4-6-18)29-23(24-32-26(36)37-33-24)30-22(20)31-25(35)34(3)12-19-13-38-14-27-19/h13-18H,4-12H2,1-3H3,(H,28,29,30)(H,32,33,36)/t15?,16-,17?/m1/s1. The van der Waals surface area contributed by atoms with Gasteiger partial charge in [-0.05, 0) is 50.4 Å². The Balaban J connectivity index is 1.46. The van der Waals surface area contributed by atoms with Crippen LogP contribution >= 0.6 is 11.3 Å². The lowest BCUT2D eigenvalue weighted by atomic mass is 9.80. The summed E-state index contributed by atoms with van der Waals surface area (Å²) in [6, 6.07) is 0.251. The van der Waals surface area contributed by atoms with Gasteiger partial charge in [-0.2, -0.15) is 4.98 Å². The third kappa shape index (κ3) is 5.05. The molecular formula is C26H35N9O2S. The van der Waals surface area contributed by atoms with E-state index in [9.17, 15) is 4.79 Å². The van der Waals surface area contributed by atoms with Crippen molar-refractivity contribution in [1.82, 2.24) is 34.6 Å². The van der Waals surface area contributed by atoms with Crippen molar-refractivity contribution in [3.8, 4) is 11.6 Å². The maximum atomic E-state index is 11.7. The summed E-state index contributed by atoms with van der Waals surface area (Å²) in [6.07, 6.45) is 8.62. The number of aromatic nitrogens is 7. The molecule has 0 amide bonds. The summed E-state index contributed by atoms with van der Waals surface area (Å²) in [7, 11) is 2.05. The Bertz CT molecular complexity index is 1430. The molecule has 4 heterocycles. The number of imidazole rings is 1. The number of H-pyrrole nitrogens is 1. The molecule has 4 aromatic rings. The van der Waals surface area contributed by atoms with Crippen molar-refractivity contribution in [1.29, 1.82) is 0 Å². The second kappa shape index (κ2) is 10.5. The number of hydrogen-bond donors (Lipinski definition) is 2. The molecule has 2 saturated carbocycles. The van der Waals surface area contributed by atoms with E-state index in [1.165, 1.54) is 44.9 Å². The van der Waals surface area contributed by atoms with Gasteiger partial charge in [0.25, 0.3) is 0 Å². The van der Waals surface area contributed by atoms with Gasteiger partial charge in [-0.3, -0.25) is 9.51 Å². The molecule has 12 heteroatoms. The molecule has 0 bridgehead atoms. The van der Waals surface area contributed by atoms with Gasteiger partial charge in [0.1, 0.15) is 5.52 Å². The molecule has 1 atom stereocenters. The van der Waals surface area contributed by atoms with Crippen LogP contribution in [0.3, 0.4) is 0 Å². The Morgan fingerprint density at radius 1 is 1.21 bits per heavy atom. The minimum absolute atomic E-state index is 0.199. The average Bonchev–Trinajstić information content (AvgIpc) is 3.60. The van der Waals surface area contributed by atoms with Crippen LogP contribution in [0.4, 0.5) is 11.8 Å². The van der Waals surface area contributed by atoms with Gasteiger partial charge in [0.2, 0.25) is 17.6 Å². The fourth-order valence-electron chi connectivity index (χ4n) is 5.69. The van der Waals surface area contributed by atoms with Crippen LogP contribution in [0.25, 0.3) is 22.8 Å². The van der Waals surface area contributed by atoms with E-state index in [4.69, 9.17) is 19.5 Å². The zero-order valence-corrected chi connectivity index (χ0v) is 23.0. The zero-order chi connectivity index (χ0) is 26.2. The predicted molar refractivity (Wildman–Crippen MR) is 147 cm³/mol. The monoisotopic (exact) mass is 537 g/mol. The first-order chi connectivity index (χ1) is 18.4. The van der Waals surface area contributed by atoms with Crippen molar-refractivity contribution in [3.63, 3.8) is 0 Å². The highest BCUT2D eigenvalue weighted by atomic mass is 32.1. The third-order valence-electron chi connectivity index (χ3n) is 8.26. The van der Waals surface area contributed by atoms with Crippen LogP contribution in [0, 0.1) is 17.8 Å². The summed E-state index contributed by atoms with van der Waals surface area (Å²) in [4.78, 5) is 35.6. The van der Waals surface area contributed by atoms with Gasteiger partial charge in [0.15, 0.2) is 11.5 Å². The highest BCUT2D eigenvalue weighted by Gasteiger charge is 2.29. The van der Waals surface area contributed by atoms with Crippen molar-refractivity contribution in [2.75, 3.05) is 17.3 Å². The number of hydrogen-bond acceptors (Lipinski definition) is 10. The molecule has 202 valence electrons. The fraction of sp³-hybridized carbons (Fsp3) is 0.615. The van der Waals surface area contributed by atoms with Crippen molar-refractivity contribution >= 4 is 34.3 Å². The van der Waals surface area contributed by atoms with E-state index in [-0.39, 0.29) is 17.7 Å². The molecule has 2 aliphatic rings. The number of thiazole rings is 1. The number of nitrogens with zero attached hydrogens (tertiary/aromatic N) is 7. The average molecular weight is 538 g/mol. The van der Waals surface area contributed by atoms with E-state index in [1.54, 1.807) is 11.3 Å². The second-order valence-corrected chi connectivity index (χ2v) is 11.8. The van der Waals surface area contributed by atoms with Crippen LogP contribution in [-0.2, 0) is 13.1 Å². The van der Waals surface area contributed by atoms with E-state index >= 15 is 0 Å². The molecule has 2 fully saturated rings. The second-order valence-electron chi connectivity index (χ2n) is 11.1. The summed E-state index contributed by atoms with van der Waals surface area (Å²) >= 11 is 1.59. The minimum Gasteiger partial charge on any atom is -0.365 e. The smallest absolute Gasteiger partial charge is 0.365 e. The van der Waals surface area contributed by atoms with E-state index in [0.29, 0.717) is 24.0 Å². The minimum atomic E-state index is -0.637. The van der Waals surface area contributed by atoms with E-state index < -0.39 is 5.76 Å². The molecule has 4 aromatic heterocycles. The number of anilines is 2. The predicted octanol–water partition coefficient (Wildman–Crippen LogP) is 4.69. The van der Waals surface area contributed by atoms with Gasteiger partial charge in [-0.1, -0.05) is 31.3 Å². The molecule has 2 N–H and O–H groups in total. The summed E-state index contributed by atoms with van der Waals surface area (Å²) in [6.45, 7) is 6.07. The number of aromatic amines is 1. The summed E-state index contributed by atoms with van der Waals surface area (Å²) in [5, 5.41) is 9.60. The quantitative estimate of drug-likeness (QED) is 0.312. The lowest BCUT2D eigenvalue weighted by Gasteiger charge is -2.32. The first-order valence-electron chi connectivity index (χ1n) is 13.6. The van der Waals surface area contributed by atoms with Gasteiger partial charge < -0.3 is 14.8 Å². The molecule has 2 aliphatic carbocycles. The summed E-state index contributed by atoms with van der Waals surface area (Å²) < 4.78 is 7.05. The van der Waals surface area contributed by atoms with Gasteiger partial charge in [0, 0.05) is 25.0 Å².